The Kier molecular flexibility index (Phi) is 5.47. The number of fused-ring (bicyclic) bond motifs is 2. The van der Waals surface area contributed by atoms with Gasteiger partial charge in [0.15, 0.2) is 0 Å². The van der Waals surface area contributed by atoms with Gasteiger partial charge < -0.3 is 19.9 Å². The summed E-state index contributed by atoms with van der Waals surface area (Å²) in [5, 5.41) is 0. The maximum Gasteiger partial charge on any atom is 0.225 e. The number of likely N-dealkylation sites (tertiary alicyclic amines) is 1. The number of rotatable bonds is 5. The van der Waals surface area contributed by atoms with Crippen LogP contribution in [0.5, 0.6) is 0 Å². The van der Waals surface area contributed by atoms with Gasteiger partial charge in [-0.1, -0.05) is 18.2 Å². The lowest BCUT2D eigenvalue weighted by molar-refractivity contribution is -0.120. The number of carbonyl (C=O) groups excluding carboxylic acids is 1. The summed E-state index contributed by atoms with van der Waals surface area (Å²) in [5.41, 5.74) is 9.62. The first-order valence-corrected chi connectivity index (χ1v) is 11.1. The van der Waals surface area contributed by atoms with Gasteiger partial charge in [-0.15, -0.1) is 0 Å². The van der Waals surface area contributed by atoms with Crippen molar-refractivity contribution in [1.29, 1.82) is 0 Å². The largest absolute Gasteiger partial charge is 0.378 e. The van der Waals surface area contributed by atoms with E-state index in [2.05, 4.69) is 20.5 Å². The first kappa shape index (κ1) is 21.1. The summed E-state index contributed by atoms with van der Waals surface area (Å²) < 4.78 is 21.8. The van der Waals surface area contributed by atoms with Gasteiger partial charge in [-0.05, 0) is 55.0 Å². The normalized spacial score (nSPS) is 25.8. The molecule has 1 saturated heterocycles. The van der Waals surface area contributed by atoms with E-state index < -0.39 is 0 Å². The summed E-state index contributed by atoms with van der Waals surface area (Å²) in [5.74, 6) is 0.229. The molecule has 167 valence electrons. The Labute approximate surface area is 187 Å². The van der Waals surface area contributed by atoms with Crippen molar-refractivity contribution in [2.75, 3.05) is 26.7 Å². The van der Waals surface area contributed by atoms with Crippen molar-refractivity contribution in [3.63, 3.8) is 0 Å². The number of imidazole rings is 1. The lowest BCUT2D eigenvalue weighted by Crippen LogP contribution is -2.48. The van der Waals surface area contributed by atoms with Crippen molar-refractivity contribution >= 4 is 16.9 Å². The monoisotopic (exact) mass is 435 g/mol. The van der Waals surface area contributed by atoms with E-state index in [1.54, 1.807) is 13.2 Å². The molecule has 3 aromatic rings. The zero-order chi connectivity index (χ0) is 22.4. The molecule has 6 nitrogen and oxygen atoms in total. The van der Waals surface area contributed by atoms with Crippen molar-refractivity contribution in [3.8, 4) is 0 Å². The molecule has 1 fully saturated rings. The molecule has 7 heteroatoms. The Morgan fingerprint density at radius 1 is 1.38 bits per heavy atom. The van der Waals surface area contributed by atoms with E-state index in [0.717, 1.165) is 49.4 Å². The summed E-state index contributed by atoms with van der Waals surface area (Å²) in [6, 6.07) is 13.8. The minimum Gasteiger partial charge on any atom is -0.378 e. The highest BCUT2D eigenvalue weighted by Crippen LogP contribution is 2.39. The van der Waals surface area contributed by atoms with Crippen molar-refractivity contribution in [2.24, 2.45) is 11.7 Å². The van der Waals surface area contributed by atoms with E-state index in [0.29, 0.717) is 5.52 Å². The molecule has 1 amide bonds. The molecule has 5 rings (SSSR count). The van der Waals surface area contributed by atoms with Crippen LogP contribution in [0.25, 0.3) is 11.0 Å². The molecular formula is C25H28FN4O2. The van der Waals surface area contributed by atoms with Crippen LogP contribution in [0, 0.1) is 24.7 Å². The molecular weight excluding hydrogens is 407 g/mol. The number of ether oxygens (including phenoxy) is 1. The van der Waals surface area contributed by atoms with Gasteiger partial charge in [-0.25, -0.2) is 9.37 Å². The molecule has 1 unspecified atom stereocenters. The van der Waals surface area contributed by atoms with Gasteiger partial charge in [0.2, 0.25) is 5.91 Å². The fourth-order valence-electron chi connectivity index (χ4n) is 5.77. The lowest BCUT2D eigenvalue weighted by atomic mass is 9.90. The van der Waals surface area contributed by atoms with Gasteiger partial charge in [-0.2, -0.15) is 0 Å². The van der Waals surface area contributed by atoms with Gasteiger partial charge in [0.05, 0.1) is 29.1 Å². The fraction of sp³-hybridized carbons (Fsp3) is 0.440. The van der Waals surface area contributed by atoms with Crippen LogP contribution in [-0.4, -0.2) is 53.2 Å². The molecule has 4 atom stereocenters. The minimum absolute atomic E-state index is 0.0333. The standard InChI is InChI=1S/C25H28FN4O2/c1-15-28-20-12-18(26)7-8-21(20)30(15)22-9-10-29(14-23(22)32-2)13-17-11-16-5-3-4-6-19(16)24(17)25(27)31/h4-8,12,17,22-24H,9-11,13-14H2,1-2H3,(H2,27,31)/t17?,22-,23-,24-/m1/s1. The predicted molar refractivity (Wildman–Crippen MR) is 120 cm³/mol. The highest BCUT2D eigenvalue weighted by molar-refractivity contribution is 5.83. The van der Waals surface area contributed by atoms with Gasteiger partial charge >= 0.3 is 0 Å². The van der Waals surface area contributed by atoms with Crippen LogP contribution in [-0.2, 0) is 16.0 Å². The van der Waals surface area contributed by atoms with E-state index in [-0.39, 0.29) is 35.7 Å². The summed E-state index contributed by atoms with van der Waals surface area (Å²) in [4.78, 5) is 19.2. The van der Waals surface area contributed by atoms with Crippen LogP contribution in [0.2, 0.25) is 0 Å². The van der Waals surface area contributed by atoms with Crippen molar-refractivity contribution in [2.45, 2.75) is 37.8 Å². The number of piperidine rings is 1. The average molecular weight is 436 g/mol. The Morgan fingerprint density at radius 3 is 3.00 bits per heavy atom. The third-order valence-electron chi connectivity index (χ3n) is 7.15. The lowest BCUT2D eigenvalue weighted by Gasteiger charge is -2.40. The smallest absolute Gasteiger partial charge is 0.225 e. The second-order valence-electron chi connectivity index (χ2n) is 9.02. The van der Waals surface area contributed by atoms with Gasteiger partial charge in [-0.3, -0.25) is 4.79 Å². The van der Waals surface area contributed by atoms with Crippen molar-refractivity contribution in [1.82, 2.24) is 14.5 Å². The third-order valence-corrected chi connectivity index (χ3v) is 7.15. The van der Waals surface area contributed by atoms with E-state index in [9.17, 15) is 9.18 Å². The zero-order valence-electron chi connectivity index (χ0n) is 18.4. The highest BCUT2D eigenvalue weighted by atomic mass is 19.1. The van der Waals surface area contributed by atoms with Gasteiger partial charge in [0.1, 0.15) is 11.6 Å². The zero-order valence-corrected chi connectivity index (χ0v) is 18.4. The number of methoxy groups -OCH3 is 1. The minimum atomic E-state index is -0.278. The maximum absolute atomic E-state index is 13.7. The molecule has 2 N–H and O–H groups in total. The number of nitrogens with two attached hydrogens (primary N) is 1. The molecule has 0 spiro atoms. The molecule has 1 aromatic heterocycles. The van der Waals surface area contributed by atoms with Crippen LogP contribution >= 0.6 is 0 Å². The molecule has 1 aliphatic carbocycles. The number of benzene rings is 2. The number of aryl methyl sites for hydroxylation is 1. The molecule has 2 aromatic carbocycles. The highest BCUT2D eigenvalue weighted by Gasteiger charge is 2.39. The third kappa shape index (κ3) is 3.59. The van der Waals surface area contributed by atoms with Crippen molar-refractivity contribution < 1.29 is 13.9 Å². The fourth-order valence-corrected chi connectivity index (χ4v) is 5.77. The summed E-state index contributed by atoms with van der Waals surface area (Å²) in [7, 11) is 1.74. The molecule has 0 saturated carbocycles. The van der Waals surface area contributed by atoms with Crippen molar-refractivity contribution in [3.05, 3.63) is 65.2 Å². The number of primary amides is 1. The number of carbonyl (C=O) groups is 1. The van der Waals surface area contributed by atoms with Crippen LogP contribution < -0.4 is 5.73 Å². The first-order valence-electron chi connectivity index (χ1n) is 11.1. The summed E-state index contributed by atoms with van der Waals surface area (Å²) in [6.45, 7) is 4.40. The number of hydrogen-bond acceptors (Lipinski definition) is 4. The first-order chi connectivity index (χ1) is 15.5. The molecule has 32 heavy (non-hydrogen) atoms. The molecule has 0 bridgehead atoms. The van der Waals surface area contributed by atoms with Gasteiger partial charge in [0.25, 0.3) is 0 Å². The Morgan fingerprint density at radius 2 is 2.22 bits per heavy atom. The topological polar surface area (TPSA) is 73.4 Å². The second-order valence-corrected chi connectivity index (χ2v) is 9.02. The van der Waals surface area contributed by atoms with Crippen LogP contribution in [0.3, 0.4) is 0 Å². The van der Waals surface area contributed by atoms with Crippen LogP contribution in [0.1, 0.15) is 35.3 Å². The van der Waals surface area contributed by atoms with Crippen LogP contribution in [0.4, 0.5) is 4.39 Å². The average Bonchev–Trinajstić information content (AvgIpc) is 3.29. The molecule has 2 heterocycles. The Hall–Kier alpha value is -2.77. The number of amides is 1. The molecule has 1 aliphatic heterocycles. The van der Waals surface area contributed by atoms with E-state index in [1.165, 1.54) is 17.7 Å². The predicted octanol–water partition coefficient (Wildman–Crippen LogP) is 2.99. The Balaban J connectivity index is 1.35. The maximum atomic E-state index is 13.7. The number of aromatic nitrogens is 2. The van der Waals surface area contributed by atoms with Gasteiger partial charge in [0, 0.05) is 32.8 Å². The second kappa shape index (κ2) is 8.30. The van der Waals surface area contributed by atoms with E-state index in [1.807, 2.05) is 25.1 Å². The van der Waals surface area contributed by atoms with Crippen LogP contribution in [0.15, 0.2) is 36.4 Å². The number of nitrogens with zero attached hydrogens (tertiary/aromatic N) is 3. The Bertz CT molecular complexity index is 1160. The van der Waals surface area contributed by atoms with E-state index in [4.69, 9.17) is 10.5 Å². The summed E-state index contributed by atoms with van der Waals surface area (Å²) in [6.07, 6.45) is 1.69. The summed E-state index contributed by atoms with van der Waals surface area (Å²) >= 11 is 0. The quantitative estimate of drug-likeness (QED) is 0.669. The van der Waals surface area contributed by atoms with E-state index >= 15 is 0 Å². The molecule has 1 radical (unpaired) electrons. The molecule has 2 aliphatic rings. The SMILES string of the molecule is CO[C@@H]1CN(CC2Cc3c[c]ccc3[C@@H]2C(N)=O)CC[C@H]1n1c(C)nc2cc(F)ccc21. The number of hydrogen-bond donors (Lipinski definition) is 1. The number of halogens is 1.